The maximum Gasteiger partial charge on any atom is 0.120 e. The molecule has 0 bridgehead atoms. The van der Waals surface area contributed by atoms with Crippen molar-refractivity contribution in [1.29, 1.82) is 0 Å². The van der Waals surface area contributed by atoms with Crippen LogP contribution in [0.5, 0.6) is 5.75 Å². The molecule has 1 N–H and O–H groups in total. The number of ether oxygens (including phenoxy) is 1. The molecule has 0 saturated carbocycles. The lowest BCUT2D eigenvalue weighted by Crippen LogP contribution is -2.12. The van der Waals surface area contributed by atoms with Crippen LogP contribution in [0.1, 0.15) is 23.1 Å². The van der Waals surface area contributed by atoms with Gasteiger partial charge in [0.2, 0.25) is 0 Å². The summed E-state index contributed by atoms with van der Waals surface area (Å²) in [6.45, 7) is 3.78. The first-order chi connectivity index (χ1) is 9.31. The van der Waals surface area contributed by atoms with E-state index in [0.29, 0.717) is 6.61 Å². The van der Waals surface area contributed by atoms with Crippen LogP contribution in [0.15, 0.2) is 42.5 Å². The van der Waals surface area contributed by atoms with Gasteiger partial charge in [-0.05, 0) is 54.7 Å². The Bertz CT molecular complexity index is 577. The third kappa shape index (κ3) is 2.90. The Balaban J connectivity index is 1.70. The number of benzene rings is 2. The van der Waals surface area contributed by atoms with Gasteiger partial charge in [0.15, 0.2) is 0 Å². The van der Waals surface area contributed by atoms with Crippen LogP contribution in [0.2, 0.25) is 0 Å². The fourth-order valence-corrected chi connectivity index (χ4v) is 2.47. The molecule has 2 heteroatoms. The first-order valence-corrected chi connectivity index (χ1v) is 6.86. The molecular formula is C17H19NO. The van der Waals surface area contributed by atoms with E-state index in [-0.39, 0.29) is 0 Å². The minimum Gasteiger partial charge on any atom is -0.489 e. The molecule has 0 atom stereocenters. The van der Waals surface area contributed by atoms with E-state index in [1.165, 1.54) is 35.2 Å². The van der Waals surface area contributed by atoms with Crippen LogP contribution in [0.25, 0.3) is 0 Å². The zero-order valence-corrected chi connectivity index (χ0v) is 11.3. The van der Waals surface area contributed by atoms with E-state index in [1.54, 1.807) is 0 Å². The molecule has 98 valence electrons. The van der Waals surface area contributed by atoms with Crippen LogP contribution < -0.4 is 10.1 Å². The molecule has 0 amide bonds. The predicted molar refractivity (Wildman–Crippen MR) is 78.8 cm³/mol. The van der Waals surface area contributed by atoms with Crippen molar-refractivity contribution >= 4 is 5.69 Å². The highest BCUT2D eigenvalue weighted by Crippen LogP contribution is 2.24. The molecule has 0 radical (unpaired) electrons. The van der Waals surface area contributed by atoms with E-state index in [1.807, 2.05) is 12.1 Å². The van der Waals surface area contributed by atoms with Crippen LogP contribution >= 0.6 is 0 Å². The van der Waals surface area contributed by atoms with Gasteiger partial charge in [0.1, 0.15) is 12.4 Å². The predicted octanol–water partition coefficient (Wildman–Crippen LogP) is 3.93. The second-order valence-corrected chi connectivity index (χ2v) is 5.13. The lowest BCUT2D eigenvalue weighted by Gasteiger charge is -2.18. The van der Waals surface area contributed by atoms with Gasteiger partial charge in [0.25, 0.3) is 0 Å². The maximum absolute atomic E-state index is 5.84. The van der Waals surface area contributed by atoms with E-state index in [4.69, 9.17) is 4.74 Å². The van der Waals surface area contributed by atoms with Gasteiger partial charge < -0.3 is 10.1 Å². The maximum atomic E-state index is 5.84. The van der Waals surface area contributed by atoms with Crippen molar-refractivity contribution in [2.45, 2.75) is 26.4 Å². The van der Waals surface area contributed by atoms with Crippen molar-refractivity contribution in [3.8, 4) is 5.75 Å². The summed E-state index contributed by atoms with van der Waals surface area (Å²) in [5.74, 6) is 0.936. The Labute approximate surface area is 114 Å². The number of hydrogen-bond donors (Lipinski definition) is 1. The average molecular weight is 253 g/mol. The lowest BCUT2D eigenvalue weighted by atomic mass is 10.0. The highest BCUT2D eigenvalue weighted by molar-refractivity contribution is 5.54. The van der Waals surface area contributed by atoms with Gasteiger partial charge in [-0.2, -0.15) is 0 Å². The van der Waals surface area contributed by atoms with Crippen LogP contribution in [-0.2, 0) is 13.0 Å². The van der Waals surface area contributed by atoms with Crippen LogP contribution in [0, 0.1) is 6.92 Å². The van der Waals surface area contributed by atoms with E-state index in [9.17, 15) is 0 Å². The molecule has 0 spiro atoms. The zero-order chi connectivity index (χ0) is 13.1. The van der Waals surface area contributed by atoms with Crippen molar-refractivity contribution in [3.63, 3.8) is 0 Å². The molecule has 2 aromatic carbocycles. The van der Waals surface area contributed by atoms with Gasteiger partial charge in [-0.15, -0.1) is 0 Å². The molecule has 1 heterocycles. The van der Waals surface area contributed by atoms with Gasteiger partial charge >= 0.3 is 0 Å². The van der Waals surface area contributed by atoms with Gasteiger partial charge in [-0.3, -0.25) is 0 Å². The molecule has 0 aliphatic carbocycles. The molecule has 1 aliphatic heterocycles. The Morgan fingerprint density at radius 2 is 2.11 bits per heavy atom. The van der Waals surface area contributed by atoms with Crippen molar-refractivity contribution < 1.29 is 4.74 Å². The van der Waals surface area contributed by atoms with Crippen LogP contribution in [0.4, 0.5) is 5.69 Å². The van der Waals surface area contributed by atoms with Crippen molar-refractivity contribution in [2.24, 2.45) is 0 Å². The first kappa shape index (κ1) is 12.1. The summed E-state index contributed by atoms with van der Waals surface area (Å²) < 4.78 is 5.84. The number of nitrogens with one attached hydrogen (secondary N) is 1. The highest BCUT2D eigenvalue weighted by Gasteiger charge is 2.08. The molecular weight excluding hydrogens is 234 g/mol. The lowest BCUT2D eigenvalue weighted by molar-refractivity contribution is 0.306. The van der Waals surface area contributed by atoms with Gasteiger partial charge in [-0.1, -0.05) is 24.3 Å². The Hall–Kier alpha value is -1.96. The Kier molecular flexibility index (Phi) is 3.41. The standard InChI is InChI=1S/C17H19NO/c1-13-4-2-6-16(10-13)19-12-14-7-8-15-5-3-9-18-17(15)11-14/h2,4,6-8,10-11,18H,3,5,9,12H2,1H3. The molecule has 19 heavy (non-hydrogen) atoms. The third-order valence-electron chi connectivity index (χ3n) is 3.51. The second-order valence-electron chi connectivity index (χ2n) is 5.13. The molecule has 0 saturated heterocycles. The summed E-state index contributed by atoms with van der Waals surface area (Å²) in [7, 11) is 0. The number of hydrogen-bond acceptors (Lipinski definition) is 2. The number of anilines is 1. The molecule has 0 unspecified atom stereocenters. The summed E-state index contributed by atoms with van der Waals surface area (Å²) in [6.07, 6.45) is 2.41. The Morgan fingerprint density at radius 1 is 1.16 bits per heavy atom. The monoisotopic (exact) mass is 253 g/mol. The number of rotatable bonds is 3. The summed E-state index contributed by atoms with van der Waals surface area (Å²) in [5.41, 5.74) is 5.14. The van der Waals surface area contributed by atoms with Gasteiger partial charge in [0.05, 0.1) is 0 Å². The zero-order valence-electron chi connectivity index (χ0n) is 11.3. The van der Waals surface area contributed by atoms with Crippen molar-refractivity contribution in [1.82, 2.24) is 0 Å². The first-order valence-electron chi connectivity index (χ1n) is 6.86. The van der Waals surface area contributed by atoms with E-state index in [0.717, 1.165) is 12.3 Å². The number of aryl methyl sites for hydroxylation is 2. The normalized spacial score (nSPS) is 13.5. The average Bonchev–Trinajstić information content (AvgIpc) is 2.45. The molecule has 2 nitrogen and oxygen atoms in total. The van der Waals surface area contributed by atoms with Crippen molar-refractivity contribution in [3.05, 3.63) is 59.2 Å². The largest absolute Gasteiger partial charge is 0.489 e. The van der Waals surface area contributed by atoms with Crippen molar-refractivity contribution in [2.75, 3.05) is 11.9 Å². The molecule has 0 fully saturated rings. The molecule has 0 aromatic heterocycles. The number of fused-ring (bicyclic) bond motifs is 1. The molecule has 2 aromatic rings. The minimum atomic E-state index is 0.623. The summed E-state index contributed by atoms with van der Waals surface area (Å²) >= 11 is 0. The third-order valence-corrected chi connectivity index (χ3v) is 3.51. The van der Waals surface area contributed by atoms with Crippen LogP contribution in [-0.4, -0.2) is 6.54 Å². The van der Waals surface area contributed by atoms with Gasteiger partial charge in [0, 0.05) is 12.2 Å². The van der Waals surface area contributed by atoms with Crippen LogP contribution in [0.3, 0.4) is 0 Å². The smallest absolute Gasteiger partial charge is 0.120 e. The SMILES string of the molecule is Cc1cccc(OCc2ccc3c(c2)NCCC3)c1. The summed E-state index contributed by atoms with van der Waals surface area (Å²) in [4.78, 5) is 0. The van der Waals surface area contributed by atoms with E-state index < -0.39 is 0 Å². The minimum absolute atomic E-state index is 0.623. The summed E-state index contributed by atoms with van der Waals surface area (Å²) in [6, 6.07) is 14.8. The quantitative estimate of drug-likeness (QED) is 0.894. The van der Waals surface area contributed by atoms with Gasteiger partial charge in [-0.25, -0.2) is 0 Å². The fraction of sp³-hybridized carbons (Fsp3) is 0.294. The highest BCUT2D eigenvalue weighted by atomic mass is 16.5. The Morgan fingerprint density at radius 3 is 3.00 bits per heavy atom. The molecule has 3 rings (SSSR count). The second kappa shape index (κ2) is 5.35. The topological polar surface area (TPSA) is 21.3 Å². The van der Waals surface area contributed by atoms with E-state index in [2.05, 4.69) is 42.6 Å². The summed E-state index contributed by atoms with van der Waals surface area (Å²) in [5, 5.41) is 3.45. The fourth-order valence-electron chi connectivity index (χ4n) is 2.47. The molecule has 1 aliphatic rings. The van der Waals surface area contributed by atoms with E-state index >= 15 is 0 Å².